The maximum atomic E-state index is 10.8. The van der Waals surface area contributed by atoms with Crippen molar-refractivity contribution in [1.82, 2.24) is 9.36 Å². The predicted octanol–water partition coefficient (Wildman–Crippen LogP) is 2.95. The second-order valence-electron chi connectivity index (χ2n) is 3.43. The highest BCUT2D eigenvalue weighted by molar-refractivity contribution is 8.01. The molecule has 0 aliphatic heterocycles. The van der Waals surface area contributed by atoms with Crippen LogP contribution in [0.4, 0.5) is 11.4 Å². The van der Waals surface area contributed by atoms with Gasteiger partial charge in [0.05, 0.1) is 4.92 Å². The third kappa shape index (κ3) is 2.96. The van der Waals surface area contributed by atoms with Crippen LogP contribution in [0.25, 0.3) is 0 Å². The molecule has 0 radical (unpaired) electrons. The Labute approximate surface area is 112 Å². The van der Waals surface area contributed by atoms with Crippen molar-refractivity contribution in [2.24, 2.45) is 0 Å². The van der Waals surface area contributed by atoms with Gasteiger partial charge in [-0.1, -0.05) is 11.8 Å². The summed E-state index contributed by atoms with van der Waals surface area (Å²) in [6.45, 7) is 1.81. The fourth-order valence-corrected chi connectivity index (χ4v) is 3.03. The van der Waals surface area contributed by atoms with Gasteiger partial charge < -0.3 is 5.32 Å². The highest BCUT2D eigenvalue weighted by Gasteiger charge is 2.11. The van der Waals surface area contributed by atoms with Gasteiger partial charge in [-0.25, -0.2) is 4.98 Å². The van der Waals surface area contributed by atoms with Crippen LogP contribution in [0.1, 0.15) is 5.82 Å². The standard InChI is InChI=1S/C10H10N4O2S2/c1-6-12-10(18-13-6)17-9-4-7(11-2)3-8(5-9)14(15)16/h3-5,11H,1-2H3. The van der Waals surface area contributed by atoms with Crippen molar-refractivity contribution in [3.05, 3.63) is 34.1 Å². The zero-order chi connectivity index (χ0) is 13.1. The number of hydrogen-bond acceptors (Lipinski definition) is 7. The minimum absolute atomic E-state index is 0.0607. The Balaban J connectivity index is 2.32. The zero-order valence-electron chi connectivity index (χ0n) is 9.71. The zero-order valence-corrected chi connectivity index (χ0v) is 11.3. The molecule has 2 aromatic rings. The Morgan fingerprint density at radius 2 is 2.22 bits per heavy atom. The molecule has 0 spiro atoms. The highest BCUT2D eigenvalue weighted by Crippen LogP contribution is 2.33. The number of nitro groups is 1. The van der Waals surface area contributed by atoms with Gasteiger partial charge in [-0.2, -0.15) is 4.37 Å². The van der Waals surface area contributed by atoms with E-state index in [1.807, 2.05) is 13.0 Å². The van der Waals surface area contributed by atoms with Gasteiger partial charge in [0.1, 0.15) is 5.82 Å². The van der Waals surface area contributed by atoms with Crippen molar-refractivity contribution < 1.29 is 4.92 Å². The first kappa shape index (κ1) is 12.8. The van der Waals surface area contributed by atoms with Gasteiger partial charge in [-0.05, 0) is 24.5 Å². The molecule has 0 fully saturated rings. The van der Waals surface area contributed by atoms with Crippen LogP contribution >= 0.6 is 23.3 Å². The molecule has 8 heteroatoms. The van der Waals surface area contributed by atoms with E-state index in [1.165, 1.54) is 35.4 Å². The lowest BCUT2D eigenvalue weighted by Gasteiger charge is -2.03. The van der Waals surface area contributed by atoms with Crippen LogP contribution in [0.15, 0.2) is 27.4 Å². The minimum atomic E-state index is -0.406. The molecule has 0 aliphatic rings. The number of aryl methyl sites for hydroxylation is 1. The second kappa shape index (κ2) is 5.32. The van der Waals surface area contributed by atoms with Gasteiger partial charge in [0.25, 0.3) is 5.69 Å². The van der Waals surface area contributed by atoms with E-state index in [0.717, 1.165) is 9.24 Å². The Morgan fingerprint density at radius 3 is 2.78 bits per heavy atom. The van der Waals surface area contributed by atoms with Crippen LogP contribution in [-0.4, -0.2) is 21.3 Å². The van der Waals surface area contributed by atoms with Crippen molar-refractivity contribution >= 4 is 34.7 Å². The Morgan fingerprint density at radius 1 is 1.44 bits per heavy atom. The number of nitrogens with zero attached hydrogens (tertiary/aromatic N) is 3. The number of nitrogens with one attached hydrogen (secondary N) is 1. The van der Waals surface area contributed by atoms with Crippen molar-refractivity contribution in [1.29, 1.82) is 0 Å². The van der Waals surface area contributed by atoms with Crippen LogP contribution in [0, 0.1) is 17.0 Å². The highest BCUT2D eigenvalue weighted by atomic mass is 32.2. The summed E-state index contributed by atoms with van der Waals surface area (Å²) in [5.74, 6) is 0.710. The summed E-state index contributed by atoms with van der Waals surface area (Å²) in [7, 11) is 1.72. The Kier molecular flexibility index (Phi) is 3.78. The summed E-state index contributed by atoms with van der Waals surface area (Å²) in [6, 6.07) is 4.87. The molecule has 0 amide bonds. The molecule has 18 heavy (non-hydrogen) atoms. The first-order chi connectivity index (χ1) is 8.58. The molecular weight excluding hydrogens is 272 g/mol. The van der Waals surface area contributed by atoms with Gasteiger partial charge in [0, 0.05) is 29.8 Å². The van der Waals surface area contributed by atoms with Crippen LogP contribution in [-0.2, 0) is 0 Å². The number of hydrogen-bond donors (Lipinski definition) is 1. The van der Waals surface area contributed by atoms with Crippen molar-refractivity contribution in [2.45, 2.75) is 16.2 Å². The van der Waals surface area contributed by atoms with E-state index in [4.69, 9.17) is 0 Å². The lowest BCUT2D eigenvalue weighted by Crippen LogP contribution is -1.93. The van der Waals surface area contributed by atoms with Crippen molar-refractivity contribution in [3.63, 3.8) is 0 Å². The van der Waals surface area contributed by atoms with Gasteiger partial charge in [0.2, 0.25) is 0 Å². The monoisotopic (exact) mass is 282 g/mol. The lowest BCUT2D eigenvalue weighted by atomic mass is 10.3. The van der Waals surface area contributed by atoms with E-state index < -0.39 is 4.92 Å². The van der Waals surface area contributed by atoms with Crippen LogP contribution < -0.4 is 5.32 Å². The molecule has 0 bridgehead atoms. The third-order valence-corrected chi connectivity index (χ3v) is 3.92. The fraction of sp³-hybridized carbons (Fsp3) is 0.200. The van der Waals surface area contributed by atoms with Gasteiger partial charge >= 0.3 is 0 Å². The normalized spacial score (nSPS) is 10.3. The topological polar surface area (TPSA) is 81.0 Å². The van der Waals surface area contributed by atoms with Crippen molar-refractivity contribution in [3.8, 4) is 0 Å². The summed E-state index contributed by atoms with van der Waals surface area (Å²) in [5.41, 5.74) is 0.763. The van der Waals surface area contributed by atoms with E-state index >= 15 is 0 Å². The van der Waals surface area contributed by atoms with Crippen molar-refractivity contribution in [2.75, 3.05) is 12.4 Å². The summed E-state index contributed by atoms with van der Waals surface area (Å²) in [4.78, 5) is 15.4. The Hall–Kier alpha value is -1.67. The molecule has 0 saturated heterocycles. The molecule has 1 aromatic heterocycles. The second-order valence-corrected chi connectivity index (χ2v) is 5.50. The van der Waals surface area contributed by atoms with Crippen LogP contribution in [0.2, 0.25) is 0 Å². The quantitative estimate of drug-likeness (QED) is 0.686. The van der Waals surface area contributed by atoms with Gasteiger partial charge in [-0.3, -0.25) is 10.1 Å². The largest absolute Gasteiger partial charge is 0.388 e. The van der Waals surface area contributed by atoms with Gasteiger partial charge in [0.15, 0.2) is 4.34 Å². The van der Waals surface area contributed by atoms with Crippen LogP contribution in [0.3, 0.4) is 0 Å². The maximum absolute atomic E-state index is 10.8. The third-order valence-electron chi connectivity index (χ3n) is 2.10. The molecule has 0 saturated carbocycles. The minimum Gasteiger partial charge on any atom is -0.388 e. The summed E-state index contributed by atoms with van der Waals surface area (Å²) >= 11 is 2.65. The molecule has 6 nitrogen and oxygen atoms in total. The van der Waals surface area contributed by atoms with E-state index in [0.29, 0.717) is 11.5 Å². The molecule has 1 aromatic carbocycles. The first-order valence-corrected chi connectivity index (χ1v) is 6.63. The molecule has 94 valence electrons. The summed E-state index contributed by atoms with van der Waals surface area (Å²) in [6.07, 6.45) is 0. The number of benzene rings is 1. The maximum Gasteiger partial charge on any atom is 0.272 e. The van der Waals surface area contributed by atoms with Gasteiger partial charge in [-0.15, -0.1) is 0 Å². The average Bonchev–Trinajstić information content (AvgIpc) is 2.74. The Bertz CT molecular complexity index is 585. The van der Waals surface area contributed by atoms with E-state index in [2.05, 4.69) is 14.7 Å². The summed E-state index contributed by atoms with van der Waals surface area (Å²) in [5, 5.41) is 13.7. The lowest BCUT2D eigenvalue weighted by molar-refractivity contribution is -0.385. The first-order valence-electron chi connectivity index (χ1n) is 5.04. The molecular formula is C10H10N4O2S2. The molecule has 2 rings (SSSR count). The number of anilines is 1. The number of rotatable bonds is 4. The van der Waals surface area contributed by atoms with E-state index in [9.17, 15) is 10.1 Å². The number of nitro benzene ring substituents is 1. The number of aromatic nitrogens is 2. The van der Waals surface area contributed by atoms with Crippen LogP contribution in [0.5, 0.6) is 0 Å². The predicted molar refractivity (Wildman–Crippen MR) is 71.4 cm³/mol. The molecule has 0 unspecified atom stereocenters. The molecule has 0 aliphatic carbocycles. The molecule has 1 N–H and O–H groups in total. The fourth-order valence-electron chi connectivity index (χ4n) is 1.31. The SMILES string of the molecule is CNc1cc(Sc2nc(C)ns2)cc([N+](=O)[O-])c1. The average molecular weight is 282 g/mol. The summed E-state index contributed by atoms with van der Waals surface area (Å²) < 4.78 is 4.85. The smallest absolute Gasteiger partial charge is 0.272 e. The van der Waals surface area contributed by atoms with E-state index in [-0.39, 0.29) is 5.69 Å². The molecule has 0 atom stereocenters. The number of non-ortho nitro benzene ring substituents is 1. The molecule has 1 heterocycles. The van der Waals surface area contributed by atoms with E-state index in [1.54, 1.807) is 7.05 Å².